The van der Waals surface area contributed by atoms with Crippen molar-refractivity contribution >= 4 is 22.5 Å². The molecule has 0 spiro atoms. The van der Waals surface area contributed by atoms with Gasteiger partial charge in [0.05, 0.1) is 18.3 Å². The van der Waals surface area contributed by atoms with Crippen LogP contribution in [-0.2, 0) is 4.74 Å². The first kappa shape index (κ1) is 9.65. The van der Waals surface area contributed by atoms with Crippen LogP contribution >= 0.6 is 0 Å². The van der Waals surface area contributed by atoms with Crippen molar-refractivity contribution in [3.8, 4) is 0 Å². The second-order valence-electron chi connectivity index (χ2n) is 3.18. The van der Waals surface area contributed by atoms with Crippen molar-refractivity contribution in [2.45, 2.75) is 6.92 Å². The average molecular weight is 200 g/mol. The van der Waals surface area contributed by atoms with Crippen molar-refractivity contribution in [3.05, 3.63) is 36.5 Å². The number of aromatic nitrogens is 1. The Morgan fingerprint density at radius 3 is 2.87 bits per heavy atom. The van der Waals surface area contributed by atoms with E-state index >= 15 is 0 Å². The molecule has 76 valence electrons. The van der Waals surface area contributed by atoms with Crippen molar-refractivity contribution < 1.29 is 4.74 Å². The maximum absolute atomic E-state index is 5.03. The summed E-state index contributed by atoms with van der Waals surface area (Å²) in [5.74, 6) is 0.645. The van der Waals surface area contributed by atoms with Crippen LogP contribution in [0, 0.1) is 0 Å². The summed E-state index contributed by atoms with van der Waals surface area (Å²) in [4.78, 5) is 8.62. The highest BCUT2D eigenvalue weighted by molar-refractivity contribution is 5.92. The fourth-order valence-corrected chi connectivity index (χ4v) is 1.39. The van der Waals surface area contributed by atoms with Gasteiger partial charge in [-0.15, -0.1) is 0 Å². The van der Waals surface area contributed by atoms with Crippen molar-refractivity contribution in [2.24, 2.45) is 4.99 Å². The highest BCUT2D eigenvalue weighted by Crippen LogP contribution is 2.23. The molecule has 0 aliphatic rings. The zero-order valence-electron chi connectivity index (χ0n) is 8.77. The molecule has 0 amide bonds. The Morgan fingerprint density at radius 2 is 2.07 bits per heavy atom. The number of aliphatic imine (C=N–C) groups is 1. The van der Waals surface area contributed by atoms with Crippen LogP contribution in [0.25, 0.3) is 10.9 Å². The van der Waals surface area contributed by atoms with E-state index in [0.29, 0.717) is 5.90 Å². The summed E-state index contributed by atoms with van der Waals surface area (Å²) in [6, 6.07) is 9.79. The van der Waals surface area contributed by atoms with Crippen LogP contribution in [-0.4, -0.2) is 18.0 Å². The predicted octanol–water partition coefficient (Wildman–Crippen LogP) is 2.93. The van der Waals surface area contributed by atoms with Gasteiger partial charge in [-0.1, -0.05) is 18.2 Å². The summed E-state index contributed by atoms with van der Waals surface area (Å²) < 4.78 is 5.03. The van der Waals surface area contributed by atoms with Gasteiger partial charge in [-0.05, 0) is 12.1 Å². The second-order valence-corrected chi connectivity index (χ2v) is 3.18. The molecule has 0 unspecified atom stereocenters. The number of hydrogen-bond acceptors (Lipinski definition) is 3. The molecule has 0 saturated heterocycles. The van der Waals surface area contributed by atoms with Crippen LogP contribution in [0.15, 0.2) is 41.5 Å². The fraction of sp³-hybridized carbons (Fsp3) is 0.167. The minimum absolute atomic E-state index is 0.645. The molecule has 0 radical (unpaired) electrons. The summed E-state index contributed by atoms with van der Waals surface area (Å²) in [7, 11) is 1.61. The molecule has 0 aliphatic carbocycles. The van der Waals surface area contributed by atoms with Gasteiger partial charge in [-0.25, -0.2) is 4.99 Å². The Morgan fingerprint density at radius 1 is 1.27 bits per heavy atom. The molecular weight excluding hydrogens is 188 g/mol. The Labute approximate surface area is 88.4 Å². The van der Waals surface area contributed by atoms with E-state index in [1.54, 1.807) is 13.3 Å². The van der Waals surface area contributed by atoms with Crippen LogP contribution < -0.4 is 0 Å². The molecule has 0 bridgehead atoms. The quantitative estimate of drug-likeness (QED) is 0.524. The predicted molar refractivity (Wildman–Crippen MR) is 61.5 cm³/mol. The molecule has 3 nitrogen and oxygen atoms in total. The minimum atomic E-state index is 0.645. The number of hydrogen-bond donors (Lipinski definition) is 0. The molecule has 1 aromatic heterocycles. The van der Waals surface area contributed by atoms with Gasteiger partial charge >= 0.3 is 0 Å². The third-order valence-electron chi connectivity index (χ3n) is 2.20. The summed E-state index contributed by atoms with van der Waals surface area (Å²) in [6.45, 7) is 1.83. The fourth-order valence-electron chi connectivity index (χ4n) is 1.39. The first-order valence-corrected chi connectivity index (χ1v) is 4.74. The zero-order chi connectivity index (χ0) is 10.7. The Kier molecular flexibility index (Phi) is 2.63. The summed E-state index contributed by atoms with van der Waals surface area (Å²) in [5.41, 5.74) is 1.84. The minimum Gasteiger partial charge on any atom is -0.484 e. The molecule has 2 aromatic rings. The van der Waals surface area contributed by atoms with Crippen LogP contribution in [0.2, 0.25) is 0 Å². The number of benzene rings is 1. The van der Waals surface area contributed by atoms with E-state index in [0.717, 1.165) is 16.6 Å². The van der Waals surface area contributed by atoms with Gasteiger partial charge < -0.3 is 4.74 Å². The maximum Gasteiger partial charge on any atom is 0.184 e. The van der Waals surface area contributed by atoms with E-state index in [1.807, 2.05) is 37.3 Å². The third-order valence-corrected chi connectivity index (χ3v) is 2.20. The van der Waals surface area contributed by atoms with Crippen LogP contribution in [0.5, 0.6) is 0 Å². The summed E-state index contributed by atoms with van der Waals surface area (Å²) >= 11 is 0. The largest absolute Gasteiger partial charge is 0.484 e. The molecular formula is C12H12N2O. The second kappa shape index (κ2) is 4.09. The number of methoxy groups -OCH3 is 1. The number of pyridine rings is 1. The zero-order valence-corrected chi connectivity index (χ0v) is 8.77. The first-order chi connectivity index (χ1) is 7.31. The molecule has 0 atom stereocenters. The number of para-hydroxylation sites is 1. The van der Waals surface area contributed by atoms with Crippen molar-refractivity contribution in [3.63, 3.8) is 0 Å². The van der Waals surface area contributed by atoms with E-state index in [-0.39, 0.29) is 0 Å². The number of rotatable bonds is 1. The lowest BCUT2D eigenvalue weighted by atomic mass is 10.2. The Balaban J connectivity index is 2.61. The smallest absolute Gasteiger partial charge is 0.184 e. The molecule has 0 aliphatic heterocycles. The van der Waals surface area contributed by atoms with Crippen LogP contribution in [0.1, 0.15) is 6.92 Å². The topological polar surface area (TPSA) is 34.5 Å². The molecule has 0 N–H and O–H groups in total. The molecule has 2 rings (SSSR count). The molecule has 15 heavy (non-hydrogen) atoms. The molecule has 3 heteroatoms. The lowest BCUT2D eigenvalue weighted by Crippen LogP contribution is -1.92. The number of fused-ring (bicyclic) bond motifs is 1. The Hall–Kier alpha value is -1.90. The van der Waals surface area contributed by atoms with Gasteiger partial charge in [0, 0.05) is 18.5 Å². The highest BCUT2D eigenvalue weighted by Gasteiger charge is 1.99. The monoisotopic (exact) mass is 200 g/mol. The van der Waals surface area contributed by atoms with E-state index in [4.69, 9.17) is 4.74 Å². The first-order valence-electron chi connectivity index (χ1n) is 4.74. The van der Waals surface area contributed by atoms with Crippen LogP contribution in [0.3, 0.4) is 0 Å². The van der Waals surface area contributed by atoms with Crippen molar-refractivity contribution in [1.29, 1.82) is 0 Å². The van der Waals surface area contributed by atoms with Crippen molar-refractivity contribution in [1.82, 2.24) is 4.98 Å². The van der Waals surface area contributed by atoms with Crippen molar-refractivity contribution in [2.75, 3.05) is 7.11 Å². The standard InChI is InChI=1S/C12H12N2O/c1-9(15-2)14-12-7-8-13-11-6-4-3-5-10(11)12/h3-8H,1-2H3. The van der Waals surface area contributed by atoms with Gasteiger partial charge in [-0.3, -0.25) is 4.98 Å². The lowest BCUT2D eigenvalue weighted by molar-refractivity contribution is 0.400. The van der Waals surface area contributed by atoms with E-state index in [1.165, 1.54) is 0 Å². The lowest BCUT2D eigenvalue weighted by Gasteiger charge is -2.02. The van der Waals surface area contributed by atoms with Gasteiger partial charge in [0.1, 0.15) is 0 Å². The summed E-state index contributed by atoms with van der Waals surface area (Å²) in [6.07, 6.45) is 1.75. The normalized spacial score (nSPS) is 11.7. The molecule has 0 saturated carbocycles. The van der Waals surface area contributed by atoms with E-state index in [9.17, 15) is 0 Å². The number of nitrogens with zero attached hydrogens (tertiary/aromatic N) is 2. The van der Waals surface area contributed by atoms with Gasteiger partial charge in [0.25, 0.3) is 0 Å². The molecule has 1 aromatic carbocycles. The maximum atomic E-state index is 5.03. The van der Waals surface area contributed by atoms with Gasteiger partial charge in [-0.2, -0.15) is 0 Å². The SMILES string of the molecule is COC(C)=Nc1ccnc2ccccc12. The molecule has 0 fully saturated rings. The summed E-state index contributed by atoms with van der Waals surface area (Å²) in [5, 5.41) is 1.04. The third kappa shape index (κ3) is 1.96. The van der Waals surface area contributed by atoms with E-state index < -0.39 is 0 Å². The van der Waals surface area contributed by atoms with Gasteiger partial charge in [0.2, 0.25) is 0 Å². The highest BCUT2D eigenvalue weighted by atomic mass is 16.5. The van der Waals surface area contributed by atoms with Gasteiger partial charge in [0.15, 0.2) is 5.90 Å². The average Bonchev–Trinajstić information content (AvgIpc) is 2.29. The molecule has 1 heterocycles. The van der Waals surface area contributed by atoms with Crippen LogP contribution in [0.4, 0.5) is 5.69 Å². The van der Waals surface area contributed by atoms with E-state index in [2.05, 4.69) is 9.98 Å². The Bertz CT molecular complexity index is 500. The number of ether oxygens (including phenoxy) is 1.